The van der Waals surface area contributed by atoms with Crippen LogP contribution in [0.15, 0.2) is 12.2 Å². The molecule has 0 aliphatic carbocycles. The van der Waals surface area contributed by atoms with Crippen LogP contribution in [0.1, 0.15) is 361 Å². The van der Waals surface area contributed by atoms with E-state index in [0.29, 0.717) is 25.9 Å². The topological polar surface area (TPSA) is 95.9 Å². The molecule has 3 N–H and O–H groups in total. The first kappa shape index (κ1) is 68.6. The number of esters is 1. The number of allylic oxidation sites excluding steroid dienone is 2. The van der Waals surface area contributed by atoms with Crippen molar-refractivity contribution in [2.75, 3.05) is 13.2 Å². The maximum absolute atomic E-state index is 12.5. The van der Waals surface area contributed by atoms with Gasteiger partial charge in [-0.3, -0.25) is 9.59 Å². The number of ether oxygens (including phenoxy) is 1. The summed E-state index contributed by atoms with van der Waals surface area (Å²) in [5.74, 6) is -0.0208. The first-order chi connectivity index (χ1) is 34.5. The van der Waals surface area contributed by atoms with E-state index in [2.05, 4.69) is 31.3 Å². The fraction of sp³-hybridized carbons (Fsp3) is 0.938. The molecule has 416 valence electrons. The van der Waals surface area contributed by atoms with Crippen LogP contribution in [0, 0.1) is 0 Å². The fourth-order valence-corrected chi connectivity index (χ4v) is 10.2. The van der Waals surface area contributed by atoms with Crippen LogP contribution in [0.25, 0.3) is 0 Å². The summed E-state index contributed by atoms with van der Waals surface area (Å²) in [5.41, 5.74) is 0. The maximum Gasteiger partial charge on any atom is 0.305 e. The van der Waals surface area contributed by atoms with Gasteiger partial charge in [-0.15, -0.1) is 0 Å². The van der Waals surface area contributed by atoms with E-state index in [-0.39, 0.29) is 18.5 Å². The highest BCUT2D eigenvalue weighted by Gasteiger charge is 2.20. The van der Waals surface area contributed by atoms with Crippen LogP contribution in [0.2, 0.25) is 0 Å². The number of amides is 1. The van der Waals surface area contributed by atoms with E-state index in [4.69, 9.17) is 4.74 Å². The van der Waals surface area contributed by atoms with E-state index in [1.807, 2.05) is 0 Å². The van der Waals surface area contributed by atoms with Crippen LogP contribution in [0.3, 0.4) is 0 Å². The summed E-state index contributed by atoms with van der Waals surface area (Å²) in [4.78, 5) is 24.5. The molecule has 2 unspecified atom stereocenters. The molecule has 0 heterocycles. The standard InChI is InChI=1S/C64H125NO5/c1-3-5-7-9-11-13-15-33-37-40-44-48-52-56-62(67)61(60-66)65-63(68)57-53-49-45-41-38-34-31-29-27-25-23-21-19-17-16-18-20-22-24-26-28-30-32-35-39-43-47-51-55-59-70-64(69)58-54-50-46-42-36-14-12-10-8-6-4-2/h10,12,61-62,66-67H,3-9,11,13-60H2,1-2H3,(H,65,68)/b12-10-. The molecule has 6 nitrogen and oxygen atoms in total. The predicted octanol–water partition coefficient (Wildman–Crippen LogP) is 20.0. The second-order valence-corrected chi connectivity index (χ2v) is 22.1. The van der Waals surface area contributed by atoms with Gasteiger partial charge in [-0.05, 0) is 44.9 Å². The molecule has 1 amide bonds. The minimum Gasteiger partial charge on any atom is -0.466 e. The first-order valence-electron chi connectivity index (χ1n) is 31.9. The van der Waals surface area contributed by atoms with Crippen molar-refractivity contribution in [3.8, 4) is 0 Å². The number of hydrogen-bond acceptors (Lipinski definition) is 5. The molecule has 0 spiro atoms. The molecule has 0 rings (SSSR count). The van der Waals surface area contributed by atoms with Crippen molar-refractivity contribution in [1.82, 2.24) is 5.32 Å². The van der Waals surface area contributed by atoms with Crippen molar-refractivity contribution in [2.24, 2.45) is 0 Å². The van der Waals surface area contributed by atoms with Gasteiger partial charge >= 0.3 is 5.97 Å². The largest absolute Gasteiger partial charge is 0.466 e. The predicted molar refractivity (Wildman–Crippen MR) is 306 cm³/mol. The Morgan fingerprint density at radius 3 is 1.06 bits per heavy atom. The molecule has 0 aromatic carbocycles. The maximum atomic E-state index is 12.5. The van der Waals surface area contributed by atoms with Crippen LogP contribution >= 0.6 is 0 Å². The lowest BCUT2D eigenvalue weighted by atomic mass is 10.0. The van der Waals surface area contributed by atoms with E-state index in [9.17, 15) is 19.8 Å². The highest BCUT2D eigenvalue weighted by Crippen LogP contribution is 2.19. The number of aliphatic hydroxyl groups is 2. The molecule has 0 aliphatic heterocycles. The number of nitrogens with one attached hydrogen (secondary N) is 1. The van der Waals surface area contributed by atoms with Gasteiger partial charge in [0.2, 0.25) is 5.91 Å². The van der Waals surface area contributed by atoms with Crippen LogP contribution in [-0.2, 0) is 14.3 Å². The Bertz CT molecular complexity index is 1050. The normalized spacial score (nSPS) is 12.6. The van der Waals surface area contributed by atoms with Crippen molar-refractivity contribution in [1.29, 1.82) is 0 Å². The smallest absolute Gasteiger partial charge is 0.305 e. The van der Waals surface area contributed by atoms with Crippen LogP contribution in [0.5, 0.6) is 0 Å². The zero-order chi connectivity index (χ0) is 50.7. The molecule has 0 aromatic heterocycles. The zero-order valence-corrected chi connectivity index (χ0v) is 47.5. The Morgan fingerprint density at radius 2 is 0.686 bits per heavy atom. The Balaban J connectivity index is 3.32. The SMILES string of the molecule is CCCC/C=C\CCCCCCCC(=O)OCCCCCCCCCCCCCCCCCCCCCCCCCCCCCCCC(=O)NC(CO)C(O)CCCCCCCCCCCCCCC. The van der Waals surface area contributed by atoms with E-state index in [0.717, 1.165) is 44.9 Å². The monoisotopic (exact) mass is 988 g/mol. The zero-order valence-electron chi connectivity index (χ0n) is 47.5. The third-order valence-electron chi connectivity index (χ3n) is 15.1. The lowest BCUT2D eigenvalue weighted by Gasteiger charge is -2.22. The highest BCUT2D eigenvalue weighted by atomic mass is 16.5. The second kappa shape index (κ2) is 60.2. The lowest BCUT2D eigenvalue weighted by Crippen LogP contribution is -2.45. The van der Waals surface area contributed by atoms with Crippen molar-refractivity contribution in [2.45, 2.75) is 373 Å². The summed E-state index contributed by atoms with van der Waals surface area (Å²) in [5, 5.41) is 23.3. The van der Waals surface area contributed by atoms with Gasteiger partial charge in [-0.1, -0.05) is 315 Å². The highest BCUT2D eigenvalue weighted by molar-refractivity contribution is 5.76. The molecule has 0 saturated carbocycles. The van der Waals surface area contributed by atoms with Crippen molar-refractivity contribution >= 4 is 11.9 Å². The van der Waals surface area contributed by atoms with E-state index in [1.165, 1.54) is 283 Å². The van der Waals surface area contributed by atoms with Crippen LogP contribution in [0.4, 0.5) is 0 Å². The minimum atomic E-state index is -0.660. The Hall–Kier alpha value is -1.40. The van der Waals surface area contributed by atoms with E-state index in [1.54, 1.807) is 0 Å². The van der Waals surface area contributed by atoms with Gasteiger partial charge in [0.25, 0.3) is 0 Å². The molecule has 6 heteroatoms. The molecule has 0 bridgehead atoms. The summed E-state index contributed by atoms with van der Waals surface area (Å²) in [7, 11) is 0. The van der Waals surface area contributed by atoms with Gasteiger partial charge in [0, 0.05) is 12.8 Å². The van der Waals surface area contributed by atoms with E-state index >= 15 is 0 Å². The molecule has 0 aliphatic rings. The van der Waals surface area contributed by atoms with Crippen molar-refractivity contribution in [3.05, 3.63) is 12.2 Å². The van der Waals surface area contributed by atoms with Gasteiger partial charge in [-0.2, -0.15) is 0 Å². The summed E-state index contributed by atoms with van der Waals surface area (Å²) < 4.78 is 5.46. The van der Waals surface area contributed by atoms with Gasteiger partial charge in [0.15, 0.2) is 0 Å². The van der Waals surface area contributed by atoms with Gasteiger partial charge < -0.3 is 20.3 Å². The molecule has 2 atom stereocenters. The van der Waals surface area contributed by atoms with Crippen LogP contribution in [-0.4, -0.2) is 47.4 Å². The number of unbranched alkanes of at least 4 members (excludes halogenated alkanes) is 47. The van der Waals surface area contributed by atoms with Gasteiger partial charge in [-0.25, -0.2) is 0 Å². The summed E-state index contributed by atoms with van der Waals surface area (Å²) in [6, 6.07) is -0.537. The number of carbonyl (C=O) groups is 2. The first-order valence-corrected chi connectivity index (χ1v) is 31.9. The average Bonchev–Trinajstić information content (AvgIpc) is 3.36. The number of carbonyl (C=O) groups excluding carboxylic acids is 2. The Labute approximate surface area is 438 Å². The molecule has 0 aromatic rings. The van der Waals surface area contributed by atoms with Crippen molar-refractivity contribution in [3.63, 3.8) is 0 Å². The molecule has 0 radical (unpaired) electrons. The molecule has 70 heavy (non-hydrogen) atoms. The molecular formula is C64H125NO5. The van der Waals surface area contributed by atoms with Gasteiger partial charge in [0.05, 0.1) is 25.4 Å². The summed E-state index contributed by atoms with van der Waals surface area (Å²) in [6.07, 6.45) is 72.4. The van der Waals surface area contributed by atoms with Crippen molar-refractivity contribution < 1.29 is 24.5 Å². The molecule has 0 saturated heterocycles. The quantitative estimate of drug-likeness (QED) is 0.0321. The van der Waals surface area contributed by atoms with Gasteiger partial charge in [0.1, 0.15) is 0 Å². The third kappa shape index (κ3) is 55.9. The number of hydrogen-bond donors (Lipinski definition) is 3. The minimum absolute atomic E-state index is 0.00879. The fourth-order valence-electron chi connectivity index (χ4n) is 10.2. The second-order valence-electron chi connectivity index (χ2n) is 22.1. The molecule has 0 fully saturated rings. The summed E-state index contributed by atoms with van der Waals surface area (Å²) in [6.45, 7) is 4.94. The summed E-state index contributed by atoms with van der Waals surface area (Å²) >= 11 is 0. The number of rotatable bonds is 60. The third-order valence-corrected chi connectivity index (χ3v) is 15.1. The number of aliphatic hydroxyl groups excluding tert-OH is 2. The Morgan fingerprint density at radius 1 is 0.386 bits per heavy atom. The van der Waals surface area contributed by atoms with Crippen LogP contribution < -0.4 is 5.32 Å². The lowest BCUT2D eigenvalue weighted by molar-refractivity contribution is -0.143. The Kier molecular flexibility index (Phi) is 59.0. The molecular weight excluding hydrogens is 863 g/mol. The van der Waals surface area contributed by atoms with E-state index < -0.39 is 12.1 Å². The average molecular weight is 989 g/mol.